The highest BCUT2D eigenvalue weighted by atomic mass is 16.5. The van der Waals surface area contributed by atoms with Gasteiger partial charge in [-0.2, -0.15) is 0 Å². The fourth-order valence-electron chi connectivity index (χ4n) is 0.443. The number of primary amides is 1. The van der Waals surface area contributed by atoms with Gasteiger partial charge in [0.25, 0.3) is 0 Å². The van der Waals surface area contributed by atoms with Gasteiger partial charge in [-0.3, -0.25) is 0 Å². The molecule has 0 aliphatic heterocycles. The van der Waals surface area contributed by atoms with E-state index < -0.39 is 12.1 Å². The van der Waals surface area contributed by atoms with Crippen LogP contribution in [0.1, 0.15) is 6.92 Å². The summed E-state index contributed by atoms with van der Waals surface area (Å²) in [5.41, 5.74) is 4.82. The smallest absolute Gasteiger partial charge is 0.409 e. The Labute approximate surface area is 75.8 Å². The van der Waals surface area contributed by atoms with E-state index in [2.05, 4.69) is 21.8 Å². The summed E-state index contributed by atoms with van der Waals surface area (Å²) in [6, 6.07) is 0. The summed E-state index contributed by atoms with van der Waals surface area (Å²) in [7, 11) is 0. The third kappa shape index (κ3) is 5.49. The van der Waals surface area contributed by atoms with E-state index in [1.54, 1.807) is 0 Å². The number of carbonyl (C=O) groups excluding carboxylic acids is 2. The summed E-state index contributed by atoms with van der Waals surface area (Å²) in [4.78, 5) is 21.1. The van der Waals surface area contributed by atoms with E-state index in [1.807, 2.05) is 0 Å². The van der Waals surface area contributed by atoms with Crippen LogP contribution < -0.4 is 5.73 Å². The van der Waals surface area contributed by atoms with Crippen molar-refractivity contribution in [3.63, 3.8) is 0 Å². The van der Waals surface area contributed by atoms with Crippen molar-refractivity contribution in [2.24, 2.45) is 5.73 Å². The van der Waals surface area contributed by atoms with Gasteiger partial charge >= 0.3 is 12.1 Å². The van der Waals surface area contributed by atoms with Gasteiger partial charge in [0.2, 0.25) is 0 Å². The van der Waals surface area contributed by atoms with Crippen LogP contribution in [0, 0.1) is 0 Å². The molecule has 0 bridgehead atoms. The summed E-state index contributed by atoms with van der Waals surface area (Å²) >= 11 is 0. The number of ether oxygens (including phenoxy) is 2. The van der Waals surface area contributed by atoms with Gasteiger partial charge in [0.05, 0.1) is 5.57 Å². The van der Waals surface area contributed by atoms with Crippen molar-refractivity contribution in [1.82, 2.24) is 0 Å². The van der Waals surface area contributed by atoms with Crippen molar-refractivity contribution in [2.75, 3.05) is 6.61 Å². The average molecular weight is 185 g/mol. The zero-order valence-corrected chi connectivity index (χ0v) is 7.28. The number of carbonyl (C=O) groups is 2. The lowest BCUT2D eigenvalue weighted by molar-refractivity contribution is -0.137. The number of hydrogen-bond donors (Lipinski definition) is 1. The van der Waals surface area contributed by atoms with Crippen molar-refractivity contribution < 1.29 is 19.1 Å². The Morgan fingerprint density at radius 2 is 2.15 bits per heavy atom. The summed E-state index contributed by atoms with van der Waals surface area (Å²) in [6.45, 7) is 4.91. The van der Waals surface area contributed by atoms with Crippen LogP contribution in [0.2, 0.25) is 0 Å². The maximum atomic E-state index is 10.9. The first-order chi connectivity index (χ1) is 6.07. The molecule has 0 spiro atoms. The molecule has 0 aromatic rings. The lowest BCUT2D eigenvalue weighted by atomic mass is 10.3. The first-order valence-electron chi connectivity index (χ1n) is 3.48. The largest absolute Gasteiger partial charge is 0.458 e. The fraction of sp³-hybridized carbons (Fsp3) is 0.250. The normalized spacial score (nSPS) is 10.4. The monoisotopic (exact) mass is 185 g/mol. The molecule has 0 heterocycles. The van der Waals surface area contributed by atoms with Crippen LogP contribution in [-0.2, 0) is 14.3 Å². The quantitative estimate of drug-likeness (QED) is 0.303. The molecule has 5 heteroatoms. The Balaban J connectivity index is 4.00. The Morgan fingerprint density at radius 1 is 1.54 bits per heavy atom. The second-order valence-corrected chi connectivity index (χ2v) is 2.12. The number of amides is 1. The van der Waals surface area contributed by atoms with E-state index in [9.17, 15) is 9.59 Å². The molecule has 0 fully saturated rings. The predicted octanol–water partition coefficient (Wildman–Crippen LogP) is 0.715. The third-order valence-corrected chi connectivity index (χ3v) is 1.01. The fourth-order valence-corrected chi connectivity index (χ4v) is 0.443. The zero-order chi connectivity index (χ0) is 10.3. The van der Waals surface area contributed by atoms with Gasteiger partial charge in [-0.15, -0.1) is 0 Å². The molecule has 0 rings (SSSR count). The highest BCUT2D eigenvalue weighted by molar-refractivity contribution is 5.87. The Bertz CT molecular complexity index is 245. The molecule has 1 amide bonds. The van der Waals surface area contributed by atoms with Crippen LogP contribution in [0.15, 0.2) is 24.5 Å². The van der Waals surface area contributed by atoms with Gasteiger partial charge in [0.15, 0.2) is 0 Å². The molecule has 0 atom stereocenters. The van der Waals surface area contributed by atoms with Gasteiger partial charge < -0.3 is 15.2 Å². The number of esters is 1. The van der Waals surface area contributed by atoms with Gasteiger partial charge in [0.1, 0.15) is 12.9 Å². The number of nitrogens with two attached hydrogens (primary N) is 1. The maximum absolute atomic E-state index is 10.9. The molecule has 0 unspecified atom stereocenters. The van der Waals surface area contributed by atoms with Crippen LogP contribution in [0.5, 0.6) is 0 Å². The van der Waals surface area contributed by atoms with Gasteiger partial charge in [-0.1, -0.05) is 12.7 Å². The van der Waals surface area contributed by atoms with Crippen molar-refractivity contribution in [1.29, 1.82) is 0 Å². The summed E-state index contributed by atoms with van der Waals surface area (Å²) < 4.78 is 8.88. The van der Waals surface area contributed by atoms with Gasteiger partial charge in [-0.05, 0) is 6.92 Å². The second-order valence-electron chi connectivity index (χ2n) is 2.12. The molecule has 5 nitrogen and oxygen atoms in total. The van der Waals surface area contributed by atoms with Crippen molar-refractivity contribution in [3.8, 4) is 0 Å². The van der Waals surface area contributed by atoms with Crippen LogP contribution in [0.25, 0.3) is 0 Å². The van der Waals surface area contributed by atoms with Gasteiger partial charge in [0, 0.05) is 0 Å². The standard InChI is InChI=1S/C8H11NO4/c1-3-4-12-7(10)6(2)5-13-8(9)11/h3,5H,1,4H2,2H3,(H2,9,11). The van der Waals surface area contributed by atoms with E-state index in [0.717, 1.165) is 6.26 Å². The van der Waals surface area contributed by atoms with Crippen LogP contribution >= 0.6 is 0 Å². The molecule has 0 aromatic carbocycles. The molecule has 72 valence electrons. The predicted molar refractivity (Wildman–Crippen MR) is 45.6 cm³/mol. The lowest BCUT2D eigenvalue weighted by Crippen LogP contribution is -2.11. The van der Waals surface area contributed by atoms with Crippen molar-refractivity contribution in [3.05, 3.63) is 24.5 Å². The van der Waals surface area contributed by atoms with Gasteiger partial charge in [-0.25, -0.2) is 9.59 Å². The second kappa shape index (κ2) is 5.82. The van der Waals surface area contributed by atoms with E-state index in [1.165, 1.54) is 13.0 Å². The number of rotatable bonds is 4. The molecule has 0 aliphatic carbocycles. The Kier molecular flexibility index (Phi) is 5.02. The minimum atomic E-state index is -0.976. The van der Waals surface area contributed by atoms with E-state index >= 15 is 0 Å². The van der Waals surface area contributed by atoms with E-state index in [0.29, 0.717) is 0 Å². The summed E-state index contributed by atoms with van der Waals surface area (Å²) in [5, 5.41) is 0. The zero-order valence-electron chi connectivity index (χ0n) is 7.28. The molecule has 0 saturated heterocycles. The van der Waals surface area contributed by atoms with Crippen molar-refractivity contribution in [2.45, 2.75) is 6.92 Å². The minimum absolute atomic E-state index is 0.112. The molecular formula is C8H11NO4. The highest BCUT2D eigenvalue weighted by Gasteiger charge is 2.05. The first-order valence-corrected chi connectivity index (χ1v) is 3.48. The molecule has 13 heavy (non-hydrogen) atoms. The van der Waals surface area contributed by atoms with Crippen LogP contribution in [-0.4, -0.2) is 18.7 Å². The van der Waals surface area contributed by atoms with Crippen LogP contribution in [0.4, 0.5) is 4.79 Å². The van der Waals surface area contributed by atoms with Crippen LogP contribution in [0.3, 0.4) is 0 Å². The van der Waals surface area contributed by atoms with Crippen molar-refractivity contribution >= 4 is 12.1 Å². The molecule has 0 aromatic heterocycles. The molecule has 2 N–H and O–H groups in total. The molecule has 0 radical (unpaired) electrons. The topological polar surface area (TPSA) is 78.6 Å². The van der Waals surface area contributed by atoms with E-state index in [-0.39, 0.29) is 12.2 Å². The summed E-state index contributed by atoms with van der Waals surface area (Å²) in [5.74, 6) is -0.582. The summed E-state index contributed by atoms with van der Waals surface area (Å²) in [6.07, 6.45) is 1.39. The molecule has 0 saturated carbocycles. The Morgan fingerprint density at radius 3 is 2.62 bits per heavy atom. The highest BCUT2D eigenvalue weighted by Crippen LogP contribution is 1.96. The minimum Gasteiger partial charge on any atom is -0.458 e. The Hall–Kier alpha value is -1.78. The lowest BCUT2D eigenvalue weighted by Gasteiger charge is -2.00. The number of hydrogen-bond acceptors (Lipinski definition) is 4. The average Bonchev–Trinajstić information content (AvgIpc) is 2.10. The SMILES string of the molecule is C=CCOC(=O)C(C)=COC(N)=O. The first kappa shape index (κ1) is 11.2. The van der Waals surface area contributed by atoms with E-state index in [4.69, 9.17) is 0 Å². The molecular weight excluding hydrogens is 174 g/mol. The third-order valence-electron chi connectivity index (χ3n) is 1.01. The maximum Gasteiger partial charge on any atom is 0.409 e. The molecule has 0 aliphatic rings.